The van der Waals surface area contributed by atoms with Crippen molar-refractivity contribution in [3.63, 3.8) is 0 Å². The van der Waals surface area contributed by atoms with Crippen LogP contribution in [0.15, 0.2) is 84.1 Å². The standard InChI is InChI=1S/C22H16N6O2/c29-20-14-19(15-4-2-1-3-5-15)25-22-26-21(27-28(20)22)24-16-6-8-17(9-7-16)30-18-10-12-23-13-11-18/h1-13H,14H2,(H,24,27). The molecule has 0 bridgehead atoms. The first kappa shape index (κ1) is 17.7. The Balaban J connectivity index is 1.33. The number of ether oxygens (including phenoxy) is 1. The number of aliphatic imine (C=N–C) groups is 1. The first-order chi connectivity index (χ1) is 14.7. The predicted molar refractivity (Wildman–Crippen MR) is 112 cm³/mol. The van der Waals surface area contributed by atoms with Gasteiger partial charge in [0, 0.05) is 18.1 Å². The Morgan fingerprint density at radius 3 is 2.40 bits per heavy atom. The molecule has 0 saturated heterocycles. The Kier molecular flexibility index (Phi) is 4.49. The number of rotatable bonds is 5. The maximum absolute atomic E-state index is 12.5. The number of pyridine rings is 1. The topological polar surface area (TPSA) is 94.3 Å². The van der Waals surface area contributed by atoms with Crippen LogP contribution in [0.5, 0.6) is 11.5 Å². The average molecular weight is 396 g/mol. The number of benzene rings is 2. The first-order valence-corrected chi connectivity index (χ1v) is 9.33. The summed E-state index contributed by atoms with van der Waals surface area (Å²) in [5.74, 6) is 1.81. The van der Waals surface area contributed by atoms with Gasteiger partial charge in [-0.05, 0) is 42.0 Å². The van der Waals surface area contributed by atoms with E-state index >= 15 is 0 Å². The van der Waals surface area contributed by atoms with Crippen LogP contribution in [0.1, 0.15) is 16.8 Å². The van der Waals surface area contributed by atoms with Gasteiger partial charge >= 0.3 is 0 Å². The molecule has 1 aliphatic rings. The molecule has 0 spiro atoms. The van der Waals surface area contributed by atoms with E-state index in [2.05, 4.69) is 25.4 Å². The third kappa shape index (κ3) is 3.66. The van der Waals surface area contributed by atoms with Gasteiger partial charge in [-0.15, -0.1) is 5.10 Å². The summed E-state index contributed by atoms with van der Waals surface area (Å²) in [6, 6.07) is 20.5. The third-order valence-corrected chi connectivity index (χ3v) is 4.48. The summed E-state index contributed by atoms with van der Waals surface area (Å²) in [7, 11) is 0. The predicted octanol–water partition coefficient (Wildman–Crippen LogP) is 4.37. The van der Waals surface area contributed by atoms with Crippen LogP contribution in [0.3, 0.4) is 0 Å². The molecule has 0 radical (unpaired) electrons. The molecule has 1 aliphatic heterocycles. The van der Waals surface area contributed by atoms with Crippen LogP contribution in [0.4, 0.5) is 17.6 Å². The van der Waals surface area contributed by atoms with E-state index in [-0.39, 0.29) is 18.3 Å². The van der Waals surface area contributed by atoms with Crippen LogP contribution in [0.25, 0.3) is 0 Å². The average Bonchev–Trinajstić information content (AvgIpc) is 3.19. The zero-order chi connectivity index (χ0) is 20.3. The Bertz CT molecular complexity index is 1220. The first-order valence-electron chi connectivity index (χ1n) is 9.33. The van der Waals surface area contributed by atoms with E-state index in [4.69, 9.17) is 4.74 Å². The highest BCUT2D eigenvalue weighted by Crippen LogP contribution is 2.25. The molecule has 1 N–H and O–H groups in total. The van der Waals surface area contributed by atoms with E-state index in [0.29, 0.717) is 23.2 Å². The van der Waals surface area contributed by atoms with Crippen molar-refractivity contribution in [2.75, 3.05) is 5.32 Å². The van der Waals surface area contributed by atoms with Gasteiger partial charge in [0.1, 0.15) is 11.5 Å². The van der Waals surface area contributed by atoms with Crippen molar-refractivity contribution in [2.45, 2.75) is 6.42 Å². The van der Waals surface area contributed by atoms with Gasteiger partial charge in [0.2, 0.25) is 5.95 Å². The Labute approximate surface area is 171 Å². The maximum Gasteiger partial charge on any atom is 0.257 e. The minimum atomic E-state index is -0.166. The largest absolute Gasteiger partial charge is 0.457 e. The zero-order valence-electron chi connectivity index (χ0n) is 15.8. The molecule has 0 amide bonds. The van der Waals surface area contributed by atoms with Crippen molar-refractivity contribution in [2.24, 2.45) is 4.99 Å². The highest BCUT2D eigenvalue weighted by Gasteiger charge is 2.24. The van der Waals surface area contributed by atoms with Gasteiger partial charge in [0.15, 0.2) is 0 Å². The van der Waals surface area contributed by atoms with Gasteiger partial charge in [0.25, 0.3) is 11.9 Å². The lowest BCUT2D eigenvalue weighted by Crippen LogP contribution is -2.21. The van der Waals surface area contributed by atoms with Crippen molar-refractivity contribution >= 4 is 29.2 Å². The summed E-state index contributed by atoms with van der Waals surface area (Å²) in [6.07, 6.45) is 3.52. The molecular formula is C22H16N6O2. The van der Waals surface area contributed by atoms with Crippen molar-refractivity contribution in [3.05, 3.63) is 84.7 Å². The second-order valence-electron chi connectivity index (χ2n) is 6.58. The summed E-state index contributed by atoms with van der Waals surface area (Å²) < 4.78 is 6.98. The Morgan fingerprint density at radius 1 is 0.900 bits per heavy atom. The lowest BCUT2D eigenvalue weighted by atomic mass is 10.1. The number of anilines is 2. The quantitative estimate of drug-likeness (QED) is 0.538. The van der Waals surface area contributed by atoms with Crippen LogP contribution in [-0.4, -0.2) is 31.4 Å². The molecule has 8 nitrogen and oxygen atoms in total. The number of hydrogen-bond donors (Lipinski definition) is 1. The van der Waals surface area contributed by atoms with Crippen LogP contribution in [-0.2, 0) is 0 Å². The molecule has 0 fully saturated rings. The number of carbonyl (C=O) groups excluding carboxylic acids is 1. The number of aromatic nitrogens is 4. The van der Waals surface area contributed by atoms with E-state index in [9.17, 15) is 4.79 Å². The number of nitrogens with zero attached hydrogens (tertiary/aromatic N) is 5. The molecule has 5 rings (SSSR count). The fourth-order valence-electron chi connectivity index (χ4n) is 3.05. The minimum absolute atomic E-state index is 0.166. The van der Waals surface area contributed by atoms with Gasteiger partial charge in [-0.25, -0.2) is 4.99 Å². The van der Waals surface area contributed by atoms with Crippen LogP contribution < -0.4 is 10.1 Å². The lowest BCUT2D eigenvalue weighted by Gasteiger charge is -2.11. The Morgan fingerprint density at radius 2 is 1.63 bits per heavy atom. The lowest BCUT2D eigenvalue weighted by molar-refractivity contribution is 0.0906. The summed E-state index contributed by atoms with van der Waals surface area (Å²) in [6.45, 7) is 0. The number of hydrogen-bond acceptors (Lipinski definition) is 7. The van der Waals surface area contributed by atoms with Crippen molar-refractivity contribution in [3.8, 4) is 11.5 Å². The number of fused-ring (bicyclic) bond motifs is 1. The third-order valence-electron chi connectivity index (χ3n) is 4.48. The fraction of sp³-hybridized carbons (Fsp3) is 0.0455. The smallest absolute Gasteiger partial charge is 0.257 e. The molecule has 0 saturated carbocycles. The molecule has 2 aromatic carbocycles. The van der Waals surface area contributed by atoms with Gasteiger partial charge in [-0.3, -0.25) is 9.78 Å². The van der Waals surface area contributed by atoms with Crippen LogP contribution in [0.2, 0.25) is 0 Å². The highest BCUT2D eigenvalue weighted by atomic mass is 16.5. The van der Waals surface area contributed by atoms with Gasteiger partial charge in [0.05, 0.1) is 12.1 Å². The monoisotopic (exact) mass is 396 g/mol. The molecule has 0 unspecified atom stereocenters. The van der Waals surface area contributed by atoms with E-state index in [0.717, 1.165) is 11.3 Å². The second kappa shape index (κ2) is 7.59. The molecule has 4 aromatic rings. The molecule has 30 heavy (non-hydrogen) atoms. The van der Waals surface area contributed by atoms with Gasteiger partial charge < -0.3 is 10.1 Å². The van der Waals surface area contributed by atoms with E-state index in [1.165, 1.54) is 4.68 Å². The zero-order valence-corrected chi connectivity index (χ0v) is 15.8. The SMILES string of the molecule is O=C1CC(c2ccccc2)=Nc2nc(Nc3ccc(Oc4ccncc4)cc3)nn21. The molecule has 3 heterocycles. The highest BCUT2D eigenvalue weighted by molar-refractivity contribution is 6.13. The normalized spacial score (nSPS) is 12.8. The Hall–Kier alpha value is -4.33. The summed E-state index contributed by atoms with van der Waals surface area (Å²) in [5.41, 5.74) is 2.35. The molecule has 0 atom stereocenters. The number of carbonyl (C=O) groups is 1. The van der Waals surface area contributed by atoms with Crippen LogP contribution >= 0.6 is 0 Å². The van der Waals surface area contributed by atoms with Crippen LogP contribution in [0, 0.1) is 0 Å². The second-order valence-corrected chi connectivity index (χ2v) is 6.58. The molecule has 146 valence electrons. The van der Waals surface area contributed by atoms with Crippen molar-refractivity contribution in [1.29, 1.82) is 0 Å². The van der Waals surface area contributed by atoms with E-state index in [1.54, 1.807) is 24.5 Å². The molecule has 8 heteroatoms. The van der Waals surface area contributed by atoms with Gasteiger partial charge in [-0.2, -0.15) is 9.67 Å². The van der Waals surface area contributed by atoms with Crippen molar-refractivity contribution in [1.82, 2.24) is 19.7 Å². The summed E-state index contributed by atoms with van der Waals surface area (Å²) in [4.78, 5) is 25.3. The molecule has 2 aromatic heterocycles. The van der Waals surface area contributed by atoms with Gasteiger partial charge in [-0.1, -0.05) is 30.3 Å². The van der Waals surface area contributed by atoms with Crippen molar-refractivity contribution < 1.29 is 9.53 Å². The van der Waals surface area contributed by atoms with E-state index < -0.39 is 0 Å². The molecular weight excluding hydrogens is 380 g/mol. The maximum atomic E-state index is 12.5. The number of nitrogens with one attached hydrogen (secondary N) is 1. The minimum Gasteiger partial charge on any atom is -0.457 e. The fourth-order valence-corrected chi connectivity index (χ4v) is 3.05. The summed E-state index contributed by atoms with van der Waals surface area (Å²) in [5, 5.41) is 7.34. The molecule has 0 aliphatic carbocycles. The van der Waals surface area contributed by atoms with E-state index in [1.807, 2.05) is 54.6 Å². The summed E-state index contributed by atoms with van der Waals surface area (Å²) >= 11 is 0.